The minimum absolute atomic E-state index is 0.123. The smallest absolute Gasteiger partial charge is 0.337 e. The van der Waals surface area contributed by atoms with Gasteiger partial charge in [-0.3, -0.25) is 9.59 Å². The number of rotatable bonds is 3. The molecular formula is C29H23NO11. The van der Waals surface area contributed by atoms with Crippen molar-refractivity contribution in [3.63, 3.8) is 0 Å². The van der Waals surface area contributed by atoms with E-state index >= 15 is 0 Å². The summed E-state index contributed by atoms with van der Waals surface area (Å²) in [6.45, 7) is 1.09. The summed E-state index contributed by atoms with van der Waals surface area (Å²) in [4.78, 5) is 39.7. The Labute approximate surface area is 232 Å². The van der Waals surface area contributed by atoms with Crippen molar-refractivity contribution in [1.29, 1.82) is 0 Å². The van der Waals surface area contributed by atoms with Crippen LogP contribution in [-0.2, 0) is 19.9 Å². The van der Waals surface area contributed by atoms with Crippen LogP contribution in [0.3, 0.4) is 0 Å². The van der Waals surface area contributed by atoms with Crippen molar-refractivity contribution in [1.82, 2.24) is 0 Å². The normalized spacial score (nSPS) is 28.8. The van der Waals surface area contributed by atoms with E-state index < -0.39 is 86.5 Å². The topological polar surface area (TPSA) is 206 Å². The second-order valence-electron chi connectivity index (χ2n) is 10.4. The lowest BCUT2D eigenvalue weighted by Gasteiger charge is -2.43. The van der Waals surface area contributed by atoms with Crippen molar-refractivity contribution in [3.05, 3.63) is 46.0 Å². The van der Waals surface area contributed by atoms with E-state index in [0.29, 0.717) is 0 Å². The van der Waals surface area contributed by atoms with Gasteiger partial charge in [-0.25, -0.2) is 4.79 Å². The second kappa shape index (κ2) is 8.46. The number of aromatic hydroxyl groups is 3. The molecule has 2 aromatic carbocycles. The third-order valence-corrected chi connectivity index (χ3v) is 8.27. The molecule has 12 nitrogen and oxygen atoms in total. The fraction of sp³-hybridized carbons (Fsp3) is 0.345. The van der Waals surface area contributed by atoms with Crippen molar-refractivity contribution in [3.8, 4) is 40.9 Å². The first-order valence-corrected chi connectivity index (χ1v) is 12.5. The number of ether oxygens (including phenoxy) is 2. The highest BCUT2D eigenvalue weighted by Gasteiger charge is 2.87. The molecule has 0 saturated carbocycles. The van der Waals surface area contributed by atoms with Gasteiger partial charge in [-0.05, 0) is 25.1 Å². The molecule has 210 valence electrons. The zero-order chi connectivity index (χ0) is 29.6. The summed E-state index contributed by atoms with van der Waals surface area (Å²) in [6.07, 6.45) is -3.44. The molecule has 2 aliphatic heterocycles. The van der Waals surface area contributed by atoms with Crippen LogP contribution < -0.4 is 5.32 Å². The SMILES string of the molecule is COC(=O)C(O)C(C)(O)[C@@]12O[C@]13c1cc(O)c4c(c1N[C@H]2C#CCCC#C[C@H]3O)C(=O)c1c(ccc(O)c1O)C4=O. The van der Waals surface area contributed by atoms with Gasteiger partial charge in [0.15, 0.2) is 40.7 Å². The first-order chi connectivity index (χ1) is 19.4. The molecule has 6 rings (SSSR count). The number of epoxide rings is 1. The molecule has 0 spiro atoms. The Morgan fingerprint density at radius 2 is 1.78 bits per heavy atom. The van der Waals surface area contributed by atoms with Gasteiger partial charge >= 0.3 is 5.97 Å². The summed E-state index contributed by atoms with van der Waals surface area (Å²) in [6, 6.07) is 1.92. The highest BCUT2D eigenvalue weighted by molar-refractivity contribution is 6.32. The molecule has 7 N–H and O–H groups in total. The van der Waals surface area contributed by atoms with Crippen molar-refractivity contribution in [2.45, 2.75) is 54.8 Å². The van der Waals surface area contributed by atoms with Crippen LogP contribution in [0.2, 0.25) is 0 Å². The maximum atomic E-state index is 13.9. The Hall–Kier alpha value is -4.59. The monoisotopic (exact) mass is 561 g/mol. The molecule has 6 atom stereocenters. The zero-order valence-corrected chi connectivity index (χ0v) is 21.6. The summed E-state index contributed by atoms with van der Waals surface area (Å²) in [5.74, 6) is 5.98. The number of phenolic OH excluding ortho intramolecular Hbond substituents is 3. The molecule has 4 aliphatic rings. The van der Waals surface area contributed by atoms with Gasteiger partial charge in [0.05, 0.1) is 29.5 Å². The largest absolute Gasteiger partial charge is 0.507 e. The third kappa shape index (κ3) is 3.07. The summed E-state index contributed by atoms with van der Waals surface area (Å²) in [7, 11) is 1.00. The minimum atomic E-state index is -2.51. The van der Waals surface area contributed by atoms with E-state index in [1.54, 1.807) is 0 Å². The van der Waals surface area contributed by atoms with E-state index in [2.05, 4.69) is 33.7 Å². The first kappa shape index (κ1) is 26.6. The lowest BCUT2D eigenvalue weighted by Crippen LogP contribution is -2.66. The molecule has 0 aromatic heterocycles. The fourth-order valence-corrected chi connectivity index (χ4v) is 6.26. The molecule has 0 radical (unpaired) electrons. The predicted octanol–water partition coefficient (Wildman–Crippen LogP) is -0.216. The van der Waals surface area contributed by atoms with Gasteiger partial charge in [0.25, 0.3) is 0 Å². The maximum Gasteiger partial charge on any atom is 0.337 e. The quantitative estimate of drug-likeness (QED) is 0.0729. The van der Waals surface area contributed by atoms with Gasteiger partial charge in [0, 0.05) is 24.0 Å². The number of aliphatic hydroxyl groups excluding tert-OH is 2. The van der Waals surface area contributed by atoms with Crippen LogP contribution in [-0.4, -0.2) is 84.7 Å². The van der Waals surface area contributed by atoms with Crippen molar-refractivity contribution in [2.24, 2.45) is 0 Å². The molecule has 0 amide bonds. The second-order valence-corrected chi connectivity index (χ2v) is 10.4. The summed E-state index contributed by atoms with van der Waals surface area (Å²) in [5.41, 5.74) is -8.52. The van der Waals surface area contributed by atoms with E-state index in [-0.39, 0.29) is 29.7 Å². The molecule has 12 heteroatoms. The Morgan fingerprint density at radius 1 is 1.10 bits per heavy atom. The molecule has 2 heterocycles. The fourth-order valence-electron chi connectivity index (χ4n) is 6.26. The molecule has 1 saturated heterocycles. The third-order valence-electron chi connectivity index (χ3n) is 8.27. The standard InChI is InChI=1S/C29H23NO11/c1-27(39,25(37)26(38)40-2)29-16-7-5-3-4-6-8-17(33)28(29,41-29)13-11-15(32)19-20(21(13)30-16)24(36)18-12(22(19)34)9-10-14(31)23(18)35/h9-11,16-17,25,30-33,35,37,39H,3-4H2,1-2H3/t16-,17+,25?,27?,28-,29+/m0/s1. The first-order valence-electron chi connectivity index (χ1n) is 12.5. The highest BCUT2D eigenvalue weighted by Crippen LogP contribution is 2.70. The number of anilines is 1. The average Bonchev–Trinajstić information content (AvgIpc) is 3.68. The van der Waals surface area contributed by atoms with Gasteiger partial charge in [0.1, 0.15) is 17.4 Å². The van der Waals surface area contributed by atoms with Crippen molar-refractivity contribution >= 4 is 23.2 Å². The molecule has 2 bridgehead atoms. The molecular weight excluding hydrogens is 538 g/mol. The Morgan fingerprint density at radius 3 is 2.46 bits per heavy atom. The number of esters is 1. The number of carbonyl (C=O) groups is 3. The van der Waals surface area contributed by atoms with E-state index in [4.69, 9.17) is 4.74 Å². The van der Waals surface area contributed by atoms with E-state index in [1.807, 2.05) is 0 Å². The molecule has 41 heavy (non-hydrogen) atoms. The van der Waals surface area contributed by atoms with Crippen LogP contribution in [0.1, 0.15) is 57.2 Å². The lowest BCUT2D eigenvalue weighted by molar-refractivity contribution is -0.174. The van der Waals surface area contributed by atoms with Crippen molar-refractivity contribution in [2.75, 3.05) is 12.4 Å². The predicted molar refractivity (Wildman–Crippen MR) is 137 cm³/mol. The van der Waals surface area contributed by atoms with Crippen LogP contribution in [0.15, 0.2) is 18.2 Å². The number of fused-ring (bicyclic) bond motifs is 4. The Balaban J connectivity index is 1.68. The maximum absolute atomic E-state index is 13.9. The average molecular weight is 561 g/mol. The highest BCUT2D eigenvalue weighted by atomic mass is 16.7. The number of carbonyl (C=O) groups excluding carboxylic acids is 3. The van der Waals surface area contributed by atoms with Crippen LogP contribution in [0.5, 0.6) is 17.2 Å². The van der Waals surface area contributed by atoms with Gasteiger partial charge in [-0.1, -0.05) is 17.8 Å². The number of benzene rings is 2. The van der Waals surface area contributed by atoms with Crippen LogP contribution in [0, 0.1) is 23.7 Å². The van der Waals surface area contributed by atoms with E-state index in [1.165, 1.54) is 0 Å². The van der Waals surface area contributed by atoms with Gasteiger partial charge < -0.3 is 45.4 Å². The van der Waals surface area contributed by atoms with Gasteiger partial charge in [-0.2, -0.15) is 0 Å². The van der Waals surface area contributed by atoms with Gasteiger partial charge in [-0.15, -0.1) is 5.92 Å². The zero-order valence-electron chi connectivity index (χ0n) is 21.6. The van der Waals surface area contributed by atoms with E-state index in [9.17, 15) is 45.0 Å². The van der Waals surface area contributed by atoms with E-state index in [0.717, 1.165) is 32.2 Å². The minimum Gasteiger partial charge on any atom is -0.507 e. The summed E-state index contributed by atoms with van der Waals surface area (Å²) < 4.78 is 10.8. The number of phenols is 3. The van der Waals surface area contributed by atoms with Crippen LogP contribution in [0.25, 0.3) is 0 Å². The molecule has 2 aromatic rings. The van der Waals surface area contributed by atoms with Crippen LogP contribution in [0.4, 0.5) is 5.69 Å². The summed E-state index contributed by atoms with van der Waals surface area (Å²) in [5, 5.41) is 68.7. The molecule has 2 unspecified atom stereocenters. The van der Waals surface area contributed by atoms with Gasteiger partial charge in [0.2, 0.25) is 5.78 Å². The Bertz CT molecular complexity index is 1720. The number of nitrogens with one attached hydrogen (secondary N) is 1. The number of hydrogen-bond acceptors (Lipinski definition) is 12. The number of ketones is 2. The Kier molecular flexibility index (Phi) is 5.49. The van der Waals surface area contributed by atoms with Crippen molar-refractivity contribution < 1.29 is 54.5 Å². The number of hydrogen-bond donors (Lipinski definition) is 7. The number of methoxy groups -OCH3 is 1. The number of aliphatic hydroxyl groups is 3. The molecule has 2 aliphatic carbocycles. The summed E-state index contributed by atoms with van der Waals surface area (Å²) >= 11 is 0. The lowest BCUT2D eigenvalue weighted by atomic mass is 9.64. The van der Waals surface area contributed by atoms with Crippen LogP contribution >= 0.6 is 0 Å². The molecule has 1 fully saturated rings.